The first-order valence-corrected chi connectivity index (χ1v) is 31.3. The molecule has 4 heterocycles. The van der Waals surface area contributed by atoms with Crippen LogP contribution in [0.15, 0.2) is 265 Å². The van der Waals surface area contributed by atoms with Crippen LogP contribution in [0.1, 0.15) is 85.9 Å². The Kier molecular flexibility index (Phi) is 11.9. The summed E-state index contributed by atoms with van der Waals surface area (Å²) >= 11 is 1.82. The van der Waals surface area contributed by atoms with Crippen molar-refractivity contribution >= 4 is 106 Å². The van der Waals surface area contributed by atoms with E-state index in [0.29, 0.717) is 11.1 Å². The number of hydrogen-bond acceptors (Lipinski definition) is 5. The van der Waals surface area contributed by atoms with Crippen molar-refractivity contribution in [1.29, 1.82) is 0 Å². The molecule has 0 unspecified atom stereocenters. The summed E-state index contributed by atoms with van der Waals surface area (Å²) in [7, 11) is 0. The molecule has 0 bridgehead atoms. The quantitative estimate of drug-likeness (QED) is 0.134. The maximum absolute atomic E-state index is 9.71. The SMILES string of the molecule is [2H]c1c([2H])c([2H])c(-c2cc3c4c(c2)N(c2ccc5c(-c6ccccc6)c(-c6ccccc6)oc5c2)c2c(sc5ccc(C(C)(C)C)cc25)B4c2ccc(N(c4ccc(C(C)(C)C)cc4)c4ccccc4-c4ccccc4)cc2N3c2ccc(C(C)(C)C)cc2)c([2H])c1[2H]. The Morgan fingerprint density at radius 3 is 1.67 bits per heavy atom. The lowest BCUT2D eigenvalue weighted by atomic mass is 9.36. The summed E-state index contributed by atoms with van der Waals surface area (Å²) in [5.74, 6) is 0.776. The van der Waals surface area contributed by atoms with Crippen molar-refractivity contribution in [3.05, 3.63) is 277 Å². The van der Waals surface area contributed by atoms with Gasteiger partial charge in [-0.3, -0.25) is 0 Å². The van der Waals surface area contributed by atoms with Crippen molar-refractivity contribution in [2.45, 2.75) is 78.6 Å². The Bertz CT molecular complexity index is 5080. The van der Waals surface area contributed by atoms with E-state index in [1.54, 1.807) is 0 Å². The summed E-state index contributed by atoms with van der Waals surface area (Å²) in [5.41, 5.74) is 20.2. The third-order valence-electron chi connectivity index (χ3n) is 17.8. The van der Waals surface area contributed by atoms with Crippen LogP contribution in [-0.4, -0.2) is 6.71 Å². The molecule has 0 atom stereocenters. The molecule has 6 heteroatoms. The standard InChI is InChI=1S/C82H70BN3OS/c1-80(2,3)58-34-39-61(40-35-58)84(69-33-23-22-32-65(69)54-26-16-11-17-27-54)63-44-46-68-70(51-63)85(62-41-36-59(37-42-62)81(4,5)6)71-48-57(53-24-14-10-15-25-53)49-72-76(71)83(68)79-77(67-50-60(82(7,8)9)38-47-74(67)88-79)86(72)64-43-45-66-73(52-64)87-78(56-30-20-13-21-31-56)75(66)55-28-18-12-19-29-55/h10-52H,1-9H3/i10D,14D,15D,24D,25D. The molecule has 13 aromatic rings. The second-order valence-electron chi connectivity index (χ2n) is 26.6. The molecule has 0 amide bonds. The van der Waals surface area contributed by atoms with E-state index < -0.39 is 18.1 Å². The largest absolute Gasteiger partial charge is 0.455 e. The van der Waals surface area contributed by atoms with E-state index in [9.17, 15) is 5.48 Å². The van der Waals surface area contributed by atoms with Crippen LogP contribution in [-0.2, 0) is 16.2 Å². The first-order valence-electron chi connectivity index (χ1n) is 33.0. The van der Waals surface area contributed by atoms with Crippen LogP contribution in [0, 0.1) is 0 Å². The smallest absolute Gasteiger partial charge is 0.264 e. The number of fused-ring (bicyclic) bond motifs is 7. The molecule has 428 valence electrons. The monoisotopic (exact) mass is 1160 g/mol. The molecule has 0 fully saturated rings. The van der Waals surface area contributed by atoms with E-state index in [4.69, 9.17) is 5.79 Å². The summed E-state index contributed by atoms with van der Waals surface area (Å²) in [6.45, 7) is 19.9. The van der Waals surface area contributed by atoms with Crippen LogP contribution in [0.3, 0.4) is 0 Å². The summed E-state index contributed by atoms with van der Waals surface area (Å²) in [4.78, 5) is 7.13. The van der Waals surface area contributed by atoms with E-state index in [2.05, 4.69) is 283 Å². The van der Waals surface area contributed by atoms with Gasteiger partial charge in [0.05, 0.1) is 18.2 Å². The van der Waals surface area contributed by atoms with Crippen molar-refractivity contribution in [3.63, 3.8) is 0 Å². The second kappa shape index (κ2) is 21.1. The molecule has 0 spiro atoms. The molecule has 0 saturated heterocycles. The Labute approximate surface area is 529 Å². The average Bonchev–Trinajstić information content (AvgIpc) is 1.68. The van der Waals surface area contributed by atoms with E-state index in [1.807, 2.05) is 35.6 Å². The van der Waals surface area contributed by atoms with Gasteiger partial charge in [0.25, 0.3) is 6.71 Å². The van der Waals surface area contributed by atoms with Crippen molar-refractivity contribution in [2.75, 3.05) is 14.7 Å². The van der Waals surface area contributed by atoms with Gasteiger partial charge < -0.3 is 19.1 Å². The maximum Gasteiger partial charge on any atom is 0.264 e. The summed E-state index contributed by atoms with van der Waals surface area (Å²) in [6.07, 6.45) is 0. The fourth-order valence-electron chi connectivity index (χ4n) is 13.2. The molecule has 4 nitrogen and oxygen atoms in total. The second-order valence-corrected chi connectivity index (χ2v) is 27.7. The molecule has 88 heavy (non-hydrogen) atoms. The fourth-order valence-corrected chi connectivity index (χ4v) is 14.5. The maximum atomic E-state index is 9.71. The number of para-hydroxylation sites is 1. The van der Waals surface area contributed by atoms with Gasteiger partial charge in [-0.1, -0.05) is 238 Å². The van der Waals surface area contributed by atoms with Crippen LogP contribution in [0.5, 0.6) is 0 Å². The molecule has 0 aliphatic carbocycles. The van der Waals surface area contributed by atoms with Crippen LogP contribution in [0.25, 0.3) is 65.8 Å². The van der Waals surface area contributed by atoms with Crippen molar-refractivity contribution in [2.24, 2.45) is 0 Å². The van der Waals surface area contributed by atoms with Gasteiger partial charge in [0.15, 0.2) is 0 Å². The van der Waals surface area contributed by atoms with E-state index in [-0.39, 0.29) is 40.6 Å². The first-order chi connectivity index (χ1) is 44.6. The highest BCUT2D eigenvalue weighted by Gasteiger charge is 2.46. The molecule has 11 aromatic carbocycles. The summed E-state index contributed by atoms with van der Waals surface area (Å²) in [5, 5.41) is 2.07. The van der Waals surface area contributed by atoms with E-state index in [1.165, 1.54) is 16.7 Å². The molecule has 0 saturated carbocycles. The van der Waals surface area contributed by atoms with Gasteiger partial charge in [-0.25, -0.2) is 0 Å². The van der Waals surface area contributed by atoms with E-state index in [0.717, 1.165) is 116 Å². The Morgan fingerprint density at radius 1 is 0.443 bits per heavy atom. The van der Waals surface area contributed by atoms with Gasteiger partial charge in [-0.05, 0) is 145 Å². The van der Waals surface area contributed by atoms with Crippen LogP contribution >= 0.6 is 11.3 Å². The minimum absolute atomic E-state index is 0.0704. The predicted molar refractivity (Wildman–Crippen MR) is 378 cm³/mol. The third kappa shape index (κ3) is 9.44. The molecule has 2 aliphatic rings. The normalized spacial score (nSPS) is 13.8. The Balaban J connectivity index is 1.06. The molecule has 0 radical (unpaired) electrons. The van der Waals surface area contributed by atoms with Crippen LogP contribution in [0.2, 0.25) is 0 Å². The van der Waals surface area contributed by atoms with Gasteiger partial charge >= 0.3 is 0 Å². The zero-order chi connectivity index (χ0) is 64.6. The van der Waals surface area contributed by atoms with Crippen molar-refractivity contribution < 1.29 is 11.3 Å². The summed E-state index contributed by atoms with van der Waals surface area (Å²) in [6, 6.07) is 80.8. The number of thiophene rings is 1. The zero-order valence-corrected chi connectivity index (χ0v) is 52.0. The number of furan rings is 1. The van der Waals surface area contributed by atoms with Gasteiger partial charge in [0.2, 0.25) is 0 Å². The lowest BCUT2D eigenvalue weighted by Crippen LogP contribution is -2.60. The highest BCUT2D eigenvalue weighted by molar-refractivity contribution is 7.33. The van der Waals surface area contributed by atoms with Gasteiger partial charge in [0.1, 0.15) is 11.3 Å². The van der Waals surface area contributed by atoms with Crippen molar-refractivity contribution in [1.82, 2.24) is 0 Å². The van der Waals surface area contributed by atoms with Gasteiger partial charge in [-0.15, -0.1) is 11.3 Å². The fraction of sp³-hybridized carbons (Fsp3) is 0.146. The first kappa shape index (κ1) is 49.5. The number of hydrogen-bond donors (Lipinski definition) is 0. The topological polar surface area (TPSA) is 22.9 Å². The predicted octanol–water partition coefficient (Wildman–Crippen LogP) is 21.8. The molecule has 2 aromatic heterocycles. The van der Waals surface area contributed by atoms with Crippen LogP contribution < -0.4 is 30.4 Å². The molecule has 15 rings (SSSR count). The zero-order valence-electron chi connectivity index (χ0n) is 56.2. The Morgan fingerprint density at radius 2 is 1.01 bits per heavy atom. The third-order valence-corrected chi connectivity index (χ3v) is 19.0. The number of rotatable bonds is 9. The number of benzene rings is 11. The highest BCUT2D eigenvalue weighted by Crippen LogP contribution is 2.53. The highest BCUT2D eigenvalue weighted by atomic mass is 32.1. The molecule has 2 aliphatic heterocycles. The number of nitrogens with zero attached hydrogens (tertiary/aromatic N) is 3. The summed E-state index contributed by atoms with van der Waals surface area (Å²) < 4.78 is 56.1. The van der Waals surface area contributed by atoms with Crippen LogP contribution in [0.4, 0.5) is 51.2 Å². The molecular weight excluding hydrogens is 1090 g/mol. The minimum atomic E-state index is -0.441. The molecular formula is C82H70BN3OS. The van der Waals surface area contributed by atoms with Crippen molar-refractivity contribution in [3.8, 4) is 44.7 Å². The minimum Gasteiger partial charge on any atom is -0.455 e. The lowest BCUT2D eigenvalue weighted by molar-refractivity contribution is 0.590. The average molecular weight is 1160 g/mol. The molecule has 0 N–H and O–H groups in total. The van der Waals surface area contributed by atoms with Gasteiger partial charge in [-0.2, -0.15) is 0 Å². The lowest BCUT2D eigenvalue weighted by Gasteiger charge is -2.44. The van der Waals surface area contributed by atoms with E-state index >= 15 is 0 Å². The number of anilines is 9. The van der Waals surface area contributed by atoms with Gasteiger partial charge in [0, 0.05) is 82.8 Å². The Hall–Kier alpha value is -9.62.